The number of H-pyrrole nitrogens is 2. The lowest BCUT2D eigenvalue weighted by Gasteiger charge is -2.02. The van der Waals surface area contributed by atoms with Gasteiger partial charge in [0.15, 0.2) is 17.2 Å². The third-order valence-electron chi connectivity index (χ3n) is 4.92. The molecule has 0 aliphatic carbocycles. The van der Waals surface area contributed by atoms with Crippen molar-refractivity contribution >= 4 is 22.2 Å². The van der Waals surface area contributed by atoms with Crippen molar-refractivity contribution in [2.45, 2.75) is 6.92 Å². The number of nitrogens with zero attached hydrogens (tertiary/aromatic N) is 7. The first-order valence-corrected chi connectivity index (χ1v) is 9.39. The number of hydrogen-bond acceptors (Lipinski definition) is 6. The first-order chi connectivity index (χ1) is 14.8. The van der Waals surface area contributed by atoms with Crippen LogP contribution in [0.15, 0.2) is 61.3 Å². The van der Waals surface area contributed by atoms with Gasteiger partial charge in [-0.25, -0.2) is 19.9 Å². The maximum Gasteiger partial charge on any atom is 0.180 e. The average molecular weight is 393 g/mol. The van der Waals surface area contributed by atoms with E-state index in [4.69, 9.17) is 4.98 Å². The number of nitrogens with one attached hydrogen (secondary N) is 2. The second kappa shape index (κ2) is 6.31. The van der Waals surface area contributed by atoms with Gasteiger partial charge in [0.1, 0.15) is 11.0 Å². The van der Waals surface area contributed by atoms with Crippen LogP contribution in [0.1, 0.15) is 5.69 Å². The van der Waals surface area contributed by atoms with Gasteiger partial charge in [-0.1, -0.05) is 6.07 Å². The van der Waals surface area contributed by atoms with Crippen LogP contribution in [0.3, 0.4) is 0 Å². The van der Waals surface area contributed by atoms with Gasteiger partial charge in [-0.2, -0.15) is 5.10 Å². The molecule has 0 amide bonds. The summed E-state index contributed by atoms with van der Waals surface area (Å²) in [4.78, 5) is 25.9. The maximum absolute atomic E-state index is 4.78. The van der Waals surface area contributed by atoms with Gasteiger partial charge < -0.3 is 9.55 Å². The SMILES string of the molecule is Cc1cn(-c2ccnc3nc(-c4n[nH]c5ccc(-c6ccccn6)nc45)[nH]c23)cn1. The molecule has 6 aromatic rings. The monoisotopic (exact) mass is 393 g/mol. The lowest BCUT2D eigenvalue weighted by Crippen LogP contribution is -1.92. The molecular formula is C21H15N9. The molecule has 0 saturated carbocycles. The van der Waals surface area contributed by atoms with Crippen molar-refractivity contribution in [3.63, 3.8) is 0 Å². The zero-order valence-electron chi connectivity index (χ0n) is 15.9. The Labute approximate surface area is 169 Å². The van der Waals surface area contributed by atoms with E-state index in [1.165, 1.54) is 0 Å². The minimum absolute atomic E-state index is 0.596. The van der Waals surface area contributed by atoms with Crippen LogP contribution in [0.5, 0.6) is 0 Å². The predicted octanol–water partition coefficient (Wildman–Crippen LogP) is 3.45. The zero-order valence-corrected chi connectivity index (χ0v) is 15.9. The molecule has 0 aliphatic heterocycles. The molecule has 6 rings (SSSR count). The number of aromatic amines is 2. The Kier molecular flexibility index (Phi) is 3.48. The Morgan fingerprint density at radius 2 is 1.87 bits per heavy atom. The van der Waals surface area contributed by atoms with E-state index in [-0.39, 0.29) is 0 Å². The number of pyridine rings is 3. The Morgan fingerprint density at radius 1 is 0.900 bits per heavy atom. The quantitative estimate of drug-likeness (QED) is 0.476. The Balaban J connectivity index is 1.52. The first-order valence-electron chi connectivity index (χ1n) is 9.39. The van der Waals surface area contributed by atoms with Gasteiger partial charge in [0, 0.05) is 18.6 Å². The number of fused-ring (bicyclic) bond motifs is 2. The molecular weight excluding hydrogens is 378 g/mol. The van der Waals surface area contributed by atoms with E-state index in [0.29, 0.717) is 17.2 Å². The smallest absolute Gasteiger partial charge is 0.180 e. The van der Waals surface area contributed by atoms with Crippen LogP contribution in [-0.4, -0.2) is 44.7 Å². The van der Waals surface area contributed by atoms with Crippen LogP contribution in [0, 0.1) is 6.92 Å². The molecule has 9 nitrogen and oxygen atoms in total. The summed E-state index contributed by atoms with van der Waals surface area (Å²) in [6, 6.07) is 11.5. The van der Waals surface area contributed by atoms with Gasteiger partial charge in [-0.15, -0.1) is 0 Å². The van der Waals surface area contributed by atoms with Crippen molar-refractivity contribution in [2.24, 2.45) is 0 Å². The van der Waals surface area contributed by atoms with E-state index in [9.17, 15) is 0 Å². The third-order valence-corrected chi connectivity index (χ3v) is 4.92. The van der Waals surface area contributed by atoms with Crippen LogP contribution in [0.4, 0.5) is 0 Å². The predicted molar refractivity (Wildman–Crippen MR) is 112 cm³/mol. The van der Waals surface area contributed by atoms with Crippen molar-refractivity contribution in [1.82, 2.24) is 44.7 Å². The fourth-order valence-electron chi connectivity index (χ4n) is 3.50. The van der Waals surface area contributed by atoms with Crippen molar-refractivity contribution in [3.8, 4) is 28.6 Å². The fourth-order valence-corrected chi connectivity index (χ4v) is 3.50. The number of hydrogen-bond donors (Lipinski definition) is 2. The summed E-state index contributed by atoms with van der Waals surface area (Å²) in [5, 5.41) is 7.48. The fraction of sp³-hybridized carbons (Fsp3) is 0.0476. The van der Waals surface area contributed by atoms with Gasteiger partial charge in [0.25, 0.3) is 0 Å². The van der Waals surface area contributed by atoms with Gasteiger partial charge in [0.2, 0.25) is 0 Å². The summed E-state index contributed by atoms with van der Waals surface area (Å²) in [5.74, 6) is 0.596. The Bertz CT molecular complexity index is 1510. The minimum atomic E-state index is 0.596. The van der Waals surface area contributed by atoms with Crippen LogP contribution >= 0.6 is 0 Å². The average Bonchev–Trinajstić information content (AvgIpc) is 3.51. The second-order valence-corrected chi connectivity index (χ2v) is 6.92. The second-order valence-electron chi connectivity index (χ2n) is 6.92. The number of aromatic nitrogens is 9. The normalized spacial score (nSPS) is 11.5. The van der Waals surface area contributed by atoms with Crippen LogP contribution < -0.4 is 0 Å². The highest BCUT2D eigenvalue weighted by Gasteiger charge is 2.17. The van der Waals surface area contributed by atoms with E-state index in [0.717, 1.165) is 39.3 Å². The van der Waals surface area contributed by atoms with Gasteiger partial charge >= 0.3 is 0 Å². The van der Waals surface area contributed by atoms with Gasteiger partial charge in [-0.3, -0.25) is 10.1 Å². The van der Waals surface area contributed by atoms with E-state index in [1.807, 2.05) is 54.1 Å². The maximum atomic E-state index is 4.78. The standard InChI is InChI=1S/C21H15N9/c1-12-10-30(11-24-12)16-7-9-23-20-18(16)26-21(27-20)19-17-15(28-29-19)6-5-14(25-17)13-4-2-3-8-22-13/h2-11H,1H3,(H,28,29)(H,23,26,27). The van der Waals surface area contributed by atoms with E-state index >= 15 is 0 Å². The number of rotatable bonds is 3. The topological polar surface area (TPSA) is 114 Å². The summed E-state index contributed by atoms with van der Waals surface area (Å²) in [7, 11) is 0. The highest BCUT2D eigenvalue weighted by Crippen LogP contribution is 2.28. The summed E-state index contributed by atoms with van der Waals surface area (Å²) in [6.45, 7) is 1.95. The van der Waals surface area contributed by atoms with Crippen molar-refractivity contribution < 1.29 is 0 Å². The molecule has 0 bridgehead atoms. The molecule has 144 valence electrons. The summed E-state index contributed by atoms with van der Waals surface area (Å²) in [6.07, 6.45) is 7.22. The molecule has 0 unspecified atom stereocenters. The van der Waals surface area contributed by atoms with Crippen LogP contribution in [0.2, 0.25) is 0 Å². The molecule has 30 heavy (non-hydrogen) atoms. The molecule has 0 radical (unpaired) electrons. The molecule has 0 spiro atoms. The largest absolute Gasteiger partial charge is 0.333 e. The highest BCUT2D eigenvalue weighted by molar-refractivity contribution is 5.92. The molecule has 0 fully saturated rings. The molecule has 0 atom stereocenters. The molecule has 0 aromatic carbocycles. The molecule has 0 saturated heterocycles. The van der Waals surface area contributed by atoms with Crippen molar-refractivity contribution in [3.05, 3.63) is 67.0 Å². The third kappa shape index (κ3) is 2.56. The van der Waals surface area contributed by atoms with E-state index < -0.39 is 0 Å². The van der Waals surface area contributed by atoms with Crippen LogP contribution in [-0.2, 0) is 0 Å². The molecule has 0 aliphatic rings. The molecule has 6 heterocycles. The molecule has 9 heteroatoms. The highest BCUT2D eigenvalue weighted by atomic mass is 15.2. The van der Waals surface area contributed by atoms with Crippen molar-refractivity contribution in [2.75, 3.05) is 0 Å². The van der Waals surface area contributed by atoms with E-state index in [1.54, 1.807) is 18.7 Å². The van der Waals surface area contributed by atoms with Gasteiger partial charge in [0.05, 0.1) is 34.6 Å². The minimum Gasteiger partial charge on any atom is -0.333 e. The summed E-state index contributed by atoms with van der Waals surface area (Å²) < 4.78 is 1.95. The van der Waals surface area contributed by atoms with Crippen LogP contribution in [0.25, 0.3) is 50.8 Å². The molecule has 2 N–H and O–H groups in total. The first kappa shape index (κ1) is 16.5. The Hall–Kier alpha value is -4.40. The van der Waals surface area contributed by atoms with Gasteiger partial charge in [-0.05, 0) is 37.3 Å². The lowest BCUT2D eigenvalue weighted by molar-refractivity contribution is 1.06. The number of imidazole rings is 2. The van der Waals surface area contributed by atoms with E-state index in [2.05, 4.69) is 35.1 Å². The lowest BCUT2D eigenvalue weighted by atomic mass is 10.2. The molecule has 6 aromatic heterocycles. The summed E-state index contributed by atoms with van der Waals surface area (Å²) >= 11 is 0. The Morgan fingerprint density at radius 3 is 2.70 bits per heavy atom. The summed E-state index contributed by atoms with van der Waals surface area (Å²) in [5.41, 5.74) is 7.01. The number of aryl methyl sites for hydroxylation is 1. The zero-order chi connectivity index (χ0) is 20.1. The van der Waals surface area contributed by atoms with Crippen molar-refractivity contribution in [1.29, 1.82) is 0 Å².